The van der Waals surface area contributed by atoms with Crippen LogP contribution in [0.3, 0.4) is 0 Å². The van der Waals surface area contributed by atoms with Crippen molar-refractivity contribution in [2.45, 2.75) is 0 Å². The number of benzene rings is 1. The number of aromatic nitrogens is 2. The summed E-state index contributed by atoms with van der Waals surface area (Å²) in [6, 6.07) is 7.90. The molecule has 0 N–H and O–H groups in total. The highest BCUT2D eigenvalue weighted by Crippen LogP contribution is 2.14. The number of hydrogen-bond donors (Lipinski definition) is 0. The standard InChI is InChI=1S/C20H24FN5O3/c21-16-3-1-2-4-18(16)26-6-5-17(22-26)20(28)25-9-7-23(8-10-25)15-19(27)24-11-13-29-14-12-24/h1-6H,7-15H2. The molecule has 29 heavy (non-hydrogen) atoms. The lowest BCUT2D eigenvalue weighted by molar-refractivity contribution is -0.136. The molecule has 3 heterocycles. The van der Waals surface area contributed by atoms with Crippen LogP contribution in [0.2, 0.25) is 0 Å². The van der Waals surface area contributed by atoms with E-state index in [4.69, 9.17) is 4.74 Å². The number of amides is 2. The number of ether oxygens (including phenoxy) is 1. The molecular formula is C20H24FN5O3. The maximum absolute atomic E-state index is 13.9. The van der Waals surface area contributed by atoms with Crippen LogP contribution in [0.5, 0.6) is 0 Å². The van der Waals surface area contributed by atoms with E-state index in [2.05, 4.69) is 10.00 Å². The summed E-state index contributed by atoms with van der Waals surface area (Å²) in [4.78, 5) is 30.8. The zero-order chi connectivity index (χ0) is 20.2. The van der Waals surface area contributed by atoms with E-state index >= 15 is 0 Å². The van der Waals surface area contributed by atoms with Gasteiger partial charge in [0.25, 0.3) is 5.91 Å². The summed E-state index contributed by atoms with van der Waals surface area (Å²) >= 11 is 0. The predicted octanol–water partition coefficient (Wildman–Crippen LogP) is 0.628. The summed E-state index contributed by atoms with van der Waals surface area (Å²) in [5.41, 5.74) is 0.587. The van der Waals surface area contributed by atoms with Gasteiger partial charge >= 0.3 is 0 Å². The molecule has 0 spiro atoms. The van der Waals surface area contributed by atoms with Gasteiger partial charge < -0.3 is 14.5 Å². The average Bonchev–Trinajstić information content (AvgIpc) is 3.25. The van der Waals surface area contributed by atoms with Crippen LogP contribution in [-0.4, -0.2) is 95.3 Å². The van der Waals surface area contributed by atoms with Crippen LogP contribution in [0.4, 0.5) is 4.39 Å². The molecule has 0 aliphatic carbocycles. The van der Waals surface area contributed by atoms with Crippen molar-refractivity contribution in [2.24, 2.45) is 0 Å². The van der Waals surface area contributed by atoms with Crippen LogP contribution < -0.4 is 0 Å². The fourth-order valence-electron chi connectivity index (χ4n) is 3.58. The first kappa shape index (κ1) is 19.5. The third-order valence-electron chi connectivity index (χ3n) is 5.29. The molecule has 0 saturated carbocycles. The van der Waals surface area contributed by atoms with Gasteiger partial charge in [-0.05, 0) is 18.2 Å². The third kappa shape index (κ3) is 4.46. The molecule has 0 atom stereocenters. The number of morpholine rings is 1. The summed E-state index contributed by atoms with van der Waals surface area (Å²) in [6.07, 6.45) is 1.59. The van der Waals surface area contributed by atoms with E-state index < -0.39 is 5.82 Å². The van der Waals surface area contributed by atoms with Crippen molar-refractivity contribution in [1.29, 1.82) is 0 Å². The molecule has 2 aliphatic rings. The van der Waals surface area contributed by atoms with E-state index in [1.807, 2.05) is 4.90 Å². The summed E-state index contributed by atoms with van der Waals surface area (Å²) in [7, 11) is 0. The molecule has 1 aromatic heterocycles. The molecule has 2 amide bonds. The fourth-order valence-corrected chi connectivity index (χ4v) is 3.58. The molecular weight excluding hydrogens is 377 g/mol. The number of rotatable bonds is 4. The highest BCUT2D eigenvalue weighted by Gasteiger charge is 2.26. The number of carbonyl (C=O) groups is 2. The summed E-state index contributed by atoms with van der Waals surface area (Å²) in [6.45, 7) is 5.16. The van der Waals surface area contributed by atoms with Crippen LogP contribution in [0, 0.1) is 5.82 Å². The van der Waals surface area contributed by atoms with E-state index in [-0.39, 0.29) is 17.5 Å². The van der Waals surface area contributed by atoms with Crippen LogP contribution >= 0.6 is 0 Å². The van der Waals surface area contributed by atoms with Crippen molar-refractivity contribution in [2.75, 3.05) is 59.0 Å². The van der Waals surface area contributed by atoms with Gasteiger partial charge in [0.1, 0.15) is 11.5 Å². The summed E-state index contributed by atoms with van der Waals surface area (Å²) in [5, 5.41) is 4.24. The Labute approximate surface area is 168 Å². The number of halogens is 1. The molecule has 1 aromatic carbocycles. The Morgan fingerprint density at radius 1 is 0.966 bits per heavy atom. The van der Waals surface area contributed by atoms with Gasteiger partial charge in [0.15, 0.2) is 5.69 Å². The van der Waals surface area contributed by atoms with Gasteiger partial charge in [-0.2, -0.15) is 5.10 Å². The molecule has 0 radical (unpaired) electrons. The molecule has 8 nitrogen and oxygen atoms in total. The first-order valence-corrected chi connectivity index (χ1v) is 9.79. The summed E-state index contributed by atoms with van der Waals surface area (Å²) < 4.78 is 20.6. The van der Waals surface area contributed by atoms with Crippen LogP contribution in [-0.2, 0) is 9.53 Å². The van der Waals surface area contributed by atoms with Crippen LogP contribution in [0.1, 0.15) is 10.5 Å². The van der Waals surface area contributed by atoms with Crippen LogP contribution in [0.25, 0.3) is 5.69 Å². The number of piperazine rings is 1. The minimum atomic E-state index is -0.395. The average molecular weight is 401 g/mol. The van der Waals surface area contributed by atoms with Crippen molar-refractivity contribution in [3.8, 4) is 5.69 Å². The predicted molar refractivity (Wildman–Crippen MR) is 103 cm³/mol. The minimum absolute atomic E-state index is 0.108. The van der Waals surface area contributed by atoms with E-state index in [1.54, 1.807) is 35.4 Å². The number of carbonyl (C=O) groups excluding carboxylic acids is 2. The second-order valence-corrected chi connectivity index (χ2v) is 7.16. The van der Waals surface area contributed by atoms with Gasteiger partial charge in [0, 0.05) is 45.5 Å². The van der Waals surface area contributed by atoms with Gasteiger partial charge in [-0.3, -0.25) is 14.5 Å². The van der Waals surface area contributed by atoms with Gasteiger partial charge in [-0.25, -0.2) is 9.07 Å². The monoisotopic (exact) mass is 401 g/mol. The highest BCUT2D eigenvalue weighted by molar-refractivity contribution is 5.92. The maximum atomic E-state index is 13.9. The lowest BCUT2D eigenvalue weighted by Gasteiger charge is -2.35. The normalized spacial score (nSPS) is 18.1. The Kier molecular flexibility index (Phi) is 5.86. The molecule has 9 heteroatoms. The number of hydrogen-bond acceptors (Lipinski definition) is 5. The zero-order valence-corrected chi connectivity index (χ0v) is 16.2. The Morgan fingerprint density at radius 3 is 2.41 bits per heavy atom. The third-order valence-corrected chi connectivity index (χ3v) is 5.29. The first-order chi connectivity index (χ1) is 14.1. The minimum Gasteiger partial charge on any atom is -0.378 e. The van der Waals surface area contributed by atoms with E-state index in [0.717, 1.165) is 0 Å². The first-order valence-electron chi connectivity index (χ1n) is 9.79. The molecule has 0 bridgehead atoms. The second kappa shape index (κ2) is 8.71. The Hall–Kier alpha value is -2.78. The summed E-state index contributed by atoms with van der Waals surface area (Å²) in [5.74, 6) is -0.468. The van der Waals surface area contributed by atoms with Gasteiger partial charge in [-0.15, -0.1) is 0 Å². The van der Waals surface area contributed by atoms with Gasteiger partial charge in [0.2, 0.25) is 5.91 Å². The van der Waals surface area contributed by atoms with Gasteiger partial charge in [-0.1, -0.05) is 12.1 Å². The molecule has 0 unspecified atom stereocenters. The zero-order valence-electron chi connectivity index (χ0n) is 16.2. The largest absolute Gasteiger partial charge is 0.378 e. The lowest BCUT2D eigenvalue weighted by Crippen LogP contribution is -2.52. The van der Waals surface area contributed by atoms with E-state index in [1.165, 1.54) is 10.7 Å². The number of para-hydroxylation sites is 1. The van der Waals surface area contributed by atoms with E-state index in [9.17, 15) is 14.0 Å². The smallest absolute Gasteiger partial charge is 0.274 e. The van der Waals surface area contributed by atoms with Crippen molar-refractivity contribution in [3.05, 3.63) is 48.0 Å². The topological polar surface area (TPSA) is 70.9 Å². The van der Waals surface area contributed by atoms with E-state index in [0.29, 0.717) is 64.7 Å². The van der Waals surface area contributed by atoms with Crippen LogP contribution in [0.15, 0.2) is 36.5 Å². The van der Waals surface area contributed by atoms with Crippen molar-refractivity contribution in [1.82, 2.24) is 24.5 Å². The highest BCUT2D eigenvalue weighted by atomic mass is 19.1. The van der Waals surface area contributed by atoms with Crippen molar-refractivity contribution < 1.29 is 18.7 Å². The Bertz CT molecular complexity index is 873. The SMILES string of the molecule is O=C(CN1CCN(C(=O)c2ccn(-c3ccccc3F)n2)CC1)N1CCOCC1. The molecule has 4 rings (SSSR count). The maximum Gasteiger partial charge on any atom is 0.274 e. The molecule has 2 aromatic rings. The quantitative estimate of drug-likeness (QED) is 0.752. The van der Waals surface area contributed by atoms with Crippen molar-refractivity contribution >= 4 is 11.8 Å². The molecule has 2 saturated heterocycles. The van der Waals surface area contributed by atoms with Gasteiger partial charge in [0.05, 0.1) is 19.8 Å². The number of nitrogens with zero attached hydrogens (tertiary/aromatic N) is 5. The second-order valence-electron chi connectivity index (χ2n) is 7.16. The Morgan fingerprint density at radius 2 is 1.69 bits per heavy atom. The molecule has 2 aliphatic heterocycles. The lowest BCUT2D eigenvalue weighted by atomic mass is 10.2. The van der Waals surface area contributed by atoms with Crippen molar-refractivity contribution in [3.63, 3.8) is 0 Å². The fraction of sp³-hybridized carbons (Fsp3) is 0.450. The molecule has 2 fully saturated rings. The Balaban J connectivity index is 1.31. The molecule has 154 valence electrons.